The van der Waals surface area contributed by atoms with Gasteiger partial charge in [0.05, 0.1) is 0 Å². The van der Waals surface area contributed by atoms with Gasteiger partial charge in [0.25, 0.3) is 0 Å². The highest BCUT2D eigenvalue weighted by atomic mass is 15.3. The van der Waals surface area contributed by atoms with Gasteiger partial charge in [-0.05, 0) is 25.8 Å². The van der Waals surface area contributed by atoms with Gasteiger partial charge in [0, 0.05) is 25.7 Å². The fraction of sp³-hybridized carbons (Fsp3) is 1.00. The fourth-order valence-electron chi connectivity index (χ4n) is 2.61. The van der Waals surface area contributed by atoms with Crippen LogP contribution in [0.2, 0.25) is 6.82 Å². The molecule has 0 aliphatic carbocycles. The van der Waals surface area contributed by atoms with Crippen molar-refractivity contribution in [3.8, 4) is 0 Å². The van der Waals surface area contributed by atoms with Crippen molar-refractivity contribution in [1.82, 2.24) is 9.80 Å². The molecule has 2 nitrogen and oxygen atoms in total. The average Bonchev–Trinajstić information content (AvgIpc) is 2.46. The van der Waals surface area contributed by atoms with Gasteiger partial charge in [0.1, 0.15) is 7.28 Å². The Hall–Kier alpha value is -0.0151. The van der Waals surface area contributed by atoms with Gasteiger partial charge in [0.2, 0.25) is 0 Å². The fourth-order valence-corrected chi connectivity index (χ4v) is 2.61. The standard InChI is InChI=1S/C9H18BN2/c1-10-9-4-3-8-7-11(2)5-6-12(8)9/h8-9H,3-7H2,1-2H3. The molecule has 3 heteroatoms. The summed E-state index contributed by atoms with van der Waals surface area (Å²) in [6.07, 6.45) is 2.79. The topological polar surface area (TPSA) is 6.48 Å². The molecule has 2 unspecified atom stereocenters. The minimum absolute atomic E-state index is 0.781. The summed E-state index contributed by atoms with van der Waals surface area (Å²) in [5.41, 5.74) is 0. The molecule has 2 heterocycles. The van der Waals surface area contributed by atoms with Crippen LogP contribution in [-0.4, -0.2) is 55.7 Å². The monoisotopic (exact) mass is 165 g/mol. The molecule has 0 aromatic heterocycles. The Labute approximate surface area is 76.2 Å². The third-order valence-corrected chi connectivity index (χ3v) is 3.34. The zero-order valence-corrected chi connectivity index (χ0v) is 8.16. The normalized spacial score (nSPS) is 38.2. The van der Waals surface area contributed by atoms with Crippen molar-refractivity contribution in [1.29, 1.82) is 0 Å². The summed E-state index contributed by atoms with van der Waals surface area (Å²) in [5.74, 6) is 0.781. The molecular formula is C9H18BN2. The first-order valence-corrected chi connectivity index (χ1v) is 5.05. The second-order valence-corrected chi connectivity index (χ2v) is 4.13. The number of likely N-dealkylation sites (N-methyl/N-ethyl adjacent to an activating group) is 1. The van der Waals surface area contributed by atoms with Crippen LogP contribution >= 0.6 is 0 Å². The van der Waals surface area contributed by atoms with E-state index in [1.54, 1.807) is 0 Å². The van der Waals surface area contributed by atoms with Crippen LogP contribution < -0.4 is 0 Å². The maximum atomic E-state index is 2.68. The van der Waals surface area contributed by atoms with E-state index in [0.717, 1.165) is 12.0 Å². The molecule has 2 aliphatic rings. The van der Waals surface area contributed by atoms with Gasteiger partial charge in [-0.15, -0.1) is 0 Å². The Morgan fingerprint density at radius 3 is 2.83 bits per heavy atom. The quantitative estimate of drug-likeness (QED) is 0.521. The Morgan fingerprint density at radius 1 is 1.25 bits per heavy atom. The first-order valence-electron chi connectivity index (χ1n) is 5.05. The largest absolute Gasteiger partial charge is 0.304 e. The lowest BCUT2D eigenvalue weighted by molar-refractivity contribution is 0.114. The molecule has 2 aliphatic heterocycles. The van der Waals surface area contributed by atoms with Gasteiger partial charge < -0.3 is 9.80 Å². The van der Waals surface area contributed by atoms with E-state index in [0.29, 0.717) is 0 Å². The third-order valence-electron chi connectivity index (χ3n) is 3.34. The Balaban J connectivity index is 1.98. The summed E-state index contributed by atoms with van der Waals surface area (Å²) in [5, 5.41) is 0. The number of hydrogen-bond acceptors (Lipinski definition) is 2. The number of nitrogens with zero attached hydrogens (tertiary/aromatic N) is 2. The van der Waals surface area contributed by atoms with Gasteiger partial charge in [0.15, 0.2) is 0 Å². The molecule has 2 atom stereocenters. The van der Waals surface area contributed by atoms with Crippen LogP contribution in [0.5, 0.6) is 0 Å². The van der Waals surface area contributed by atoms with Crippen LogP contribution in [0.25, 0.3) is 0 Å². The lowest BCUT2D eigenvalue weighted by atomic mass is 9.71. The zero-order valence-electron chi connectivity index (χ0n) is 8.16. The lowest BCUT2D eigenvalue weighted by Gasteiger charge is -2.38. The molecule has 0 N–H and O–H groups in total. The molecule has 12 heavy (non-hydrogen) atoms. The van der Waals surface area contributed by atoms with Crippen molar-refractivity contribution in [2.75, 3.05) is 26.7 Å². The molecule has 0 bridgehead atoms. The highest BCUT2D eigenvalue weighted by Crippen LogP contribution is 2.26. The van der Waals surface area contributed by atoms with Crippen molar-refractivity contribution in [2.24, 2.45) is 0 Å². The van der Waals surface area contributed by atoms with Crippen LogP contribution in [0.1, 0.15) is 12.8 Å². The van der Waals surface area contributed by atoms with E-state index in [2.05, 4.69) is 31.0 Å². The molecular weight excluding hydrogens is 147 g/mol. The smallest absolute Gasteiger partial charge is 0.129 e. The Morgan fingerprint density at radius 2 is 2.08 bits per heavy atom. The molecule has 2 saturated heterocycles. The van der Waals surface area contributed by atoms with Crippen LogP contribution in [0.15, 0.2) is 0 Å². The molecule has 0 spiro atoms. The van der Waals surface area contributed by atoms with Gasteiger partial charge in [-0.25, -0.2) is 0 Å². The first kappa shape index (κ1) is 8.58. The molecule has 0 aromatic rings. The minimum Gasteiger partial charge on any atom is -0.304 e. The van der Waals surface area contributed by atoms with E-state index in [1.807, 2.05) is 0 Å². The van der Waals surface area contributed by atoms with Gasteiger partial charge >= 0.3 is 0 Å². The van der Waals surface area contributed by atoms with Crippen molar-refractivity contribution < 1.29 is 0 Å². The minimum atomic E-state index is 0.781. The van der Waals surface area contributed by atoms with Gasteiger partial charge in [-0.2, -0.15) is 0 Å². The predicted molar refractivity (Wildman–Crippen MR) is 52.6 cm³/mol. The highest BCUT2D eigenvalue weighted by molar-refractivity contribution is 6.35. The first-order chi connectivity index (χ1) is 5.81. The van der Waals surface area contributed by atoms with Crippen LogP contribution in [0, 0.1) is 0 Å². The Bertz CT molecular complexity index is 163. The van der Waals surface area contributed by atoms with E-state index in [9.17, 15) is 0 Å². The molecule has 0 saturated carbocycles. The Kier molecular flexibility index (Phi) is 2.42. The van der Waals surface area contributed by atoms with Crippen molar-refractivity contribution in [2.45, 2.75) is 31.6 Å². The summed E-state index contributed by atoms with van der Waals surface area (Å²) < 4.78 is 0. The van der Waals surface area contributed by atoms with E-state index in [1.165, 1.54) is 32.5 Å². The van der Waals surface area contributed by atoms with Crippen LogP contribution in [-0.2, 0) is 0 Å². The van der Waals surface area contributed by atoms with Gasteiger partial charge in [-0.3, -0.25) is 0 Å². The number of rotatable bonds is 1. The molecule has 0 amide bonds. The summed E-state index contributed by atoms with van der Waals surface area (Å²) >= 11 is 0. The summed E-state index contributed by atoms with van der Waals surface area (Å²) in [4.78, 5) is 5.14. The summed E-state index contributed by atoms with van der Waals surface area (Å²) in [7, 11) is 4.60. The molecule has 67 valence electrons. The second-order valence-electron chi connectivity index (χ2n) is 4.13. The molecule has 2 rings (SSSR count). The lowest BCUT2D eigenvalue weighted by Crippen LogP contribution is -2.52. The van der Waals surface area contributed by atoms with E-state index < -0.39 is 0 Å². The van der Waals surface area contributed by atoms with Crippen molar-refractivity contribution in [3.63, 3.8) is 0 Å². The maximum Gasteiger partial charge on any atom is 0.129 e. The van der Waals surface area contributed by atoms with Crippen molar-refractivity contribution >= 4 is 7.28 Å². The van der Waals surface area contributed by atoms with Crippen LogP contribution in [0.3, 0.4) is 0 Å². The van der Waals surface area contributed by atoms with Crippen LogP contribution in [0.4, 0.5) is 0 Å². The maximum absolute atomic E-state index is 2.68. The molecule has 2 fully saturated rings. The SMILES string of the molecule is C[B]C1CCC2CN(C)CCN12. The number of fused-ring (bicyclic) bond motifs is 1. The molecule has 1 radical (unpaired) electrons. The van der Waals surface area contributed by atoms with E-state index >= 15 is 0 Å². The summed E-state index contributed by atoms with van der Waals surface area (Å²) in [6, 6.07) is 0.852. The predicted octanol–water partition coefficient (Wildman–Crippen LogP) is 0.475. The third kappa shape index (κ3) is 1.40. The summed E-state index contributed by atoms with van der Waals surface area (Å²) in [6.45, 7) is 6.01. The average molecular weight is 165 g/mol. The van der Waals surface area contributed by atoms with E-state index in [-0.39, 0.29) is 0 Å². The highest BCUT2D eigenvalue weighted by Gasteiger charge is 2.34. The molecule has 0 aromatic carbocycles. The van der Waals surface area contributed by atoms with Crippen molar-refractivity contribution in [3.05, 3.63) is 0 Å². The zero-order chi connectivity index (χ0) is 8.55. The second kappa shape index (κ2) is 3.39. The number of hydrogen-bond donors (Lipinski definition) is 0. The van der Waals surface area contributed by atoms with E-state index in [4.69, 9.17) is 0 Å². The van der Waals surface area contributed by atoms with Gasteiger partial charge in [-0.1, -0.05) is 6.82 Å². The number of piperazine rings is 1.